The molecule has 40 heavy (non-hydrogen) atoms. The molecule has 0 radical (unpaired) electrons. The molecule has 0 bridgehead atoms. The van der Waals surface area contributed by atoms with Gasteiger partial charge < -0.3 is 34.7 Å². The van der Waals surface area contributed by atoms with Crippen LogP contribution in [-0.2, 0) is 14.4 Å². The molecule has 2 aromatic rings. The smallest absolute Gasteiger partial charge is 0.255 e. The van der Waals surface area contributed by atoms with Crippen LogP contribution in [0.5, 0.6) is 28.7 Å². The van der Waals surface area contributed by atoms with E-state index in [9.17, 15) is 19.2 Å². The largest absolute Gasteiger partial charge is 0.496 e. The zero-order valence-electron chi connectivity index (χ0n) is 22.2. The summed E-state index contributed by atoms with van der Waals surface area (Å²) >= 11 is 6.53. The van der Waals surface area contributed by atoms with E-state index in [-0.39, 0.29) is 70.3 Å². The molecule has 2 aliphatic heterocycles. The Labute approximate surface area is 234 Å². The monoisotopic (exact) mass is 570 g/mol. The highest BCUT2D eigenvalue weighted by Gasteiger charge is 2.63. The number of ketones is 2. The van der Waals surface area contributed by atoms with E-state index in [0.717, 1.165) is 0 Å². The molecule has 0 saturated carbocycles. The molecule has 3 N–H and O–H groups in total. The molecule has 1 spiro atoms. The van der Waals surface area contributed by atoms with Gasteiger partial charge in [-0.1, -0.05) is 24.6 Å². The number of Topliss-reactive ketones (excluding diaryl/α,β-unsaturated/α-hetero) is 2. The van der Waals surface area contributed by atoms with Crippen LogP contribution in [0.3, 0.4) is 0 Å². The molecule has 2 amide bonds. The van der Waals surface area contributed by atoms with Crippen molar-refractivity contribution in [3.05, 3.63) is 51.7 Å². The Bertz CT molecular complexity index is 1500. The van der Waals surface area contributed by atoms with Gasteiger partial charge in [-0.15, -0.1) is 0 Å². The Morgan fingerprint density at radius 2 is 1.73 bits per heavy atom. The summed E-state index contributed by atoms with van der Waals surface area (Å²) in [6.45, 7) is 1.36. The van der Waals surface area contributed by atoms with Crippen LogP contribution in [0.15, 0.2) is 35.5 Å². The first-order valence-corrected chi connectivity index (χ1v) is 12.8. The minimum absolute atomic E-state index is 0.0149. The van der Waals surface area contributed by atoms with Gasteiger partial charge in [0.05, 0.1) is 21.3 Å². The van der Waals surface area contributed by atoms with Crippen LogP contribution in [0.4, 0.5) is 0 Å². The summed E-state index contributed by atoms with van der Waals surface area (Å²) in [5.41, 5.74) is 4.59. The maximum Gasteiger partial charge on any atom is 0.255 e. The average molecular weight is 571 g/mol. The molecule has 2 heterocycles. The van der Waals surface area contributed by atoms with Crippen LogP contribution in [-0.4, -0.2) is 56.9 Å². The van der Waals surface area contributed by atoms with Gasteiger partial charge in [-0.2, -0.15) is 0 Å². The highest BCUT2D eigenvalue weighted by atomic mass is 35.5. The molecule has 2 aromatic carbocycles. The second-order valence-corrected chi connectivity index (χ2v) is 10.1. The van der Waals surface area contributed by atoms with Gasteiger partial charge in [-0.05, 0) is 24.1 Å². The zero-order chi connectivity index (χ0) is 28.9. The van der Waals surface area contributed by atoms with Gasteiger partial charge in [0, 0.05) is 35.6 Å². The second-order valence-electron chi connectivity index (χ2n) is 9.76. The summed E-state index contributed by atoms with van der Waals surface area (Å²) in [6.07, 6.45) is 0.135. The lowest BCUT2D eigenvalue weighted by Gasteiger charge is -2.41. The topological polar surface area (TPSA) is 152 Å². The number of fused-ring (bicyclic) bond motifs is 1. The van der Waals surface area contributed by atoms with E-state index in [4.69, 9.17) is 41.0 Å². The van der Waals surface area contributed by atoms with Crippen molar-refractivity contribution in [3.8, 4) is 28.7 Å². The van der Waals surface area contributed by atoms with Gasteiger partial charge >= 0.3 is 0 Å². The third-order valence-electron chi connectivity index (χ3n) is 7.52. The van der Waals surface area contributed by atoms with Crippen molar-refractivity contribution in [3.63, 3.8) is 0 Å². The molecule has 0 aromatic heterocycles. The number of methoxy groups -OCH3 is 3. The minimum Gasteiger partial charge on any atom is -0.496 e. The van der Waals surface area contributed by atoms with Crippen LogP contribution in [0.1, 0.15) is 41.6 Å². The van der Waals surface area contributed by atoms with E-state index in [1.54, 1.807) is 25.1 Å². The number of hydrogen-bond donors (Lipinski definition) is 2. The summed E-state index contributed by atoms with van der Waals surface area (Å²) in [6, 6.07) is 6.34. The standard InChI is InChI=1S/C28H27ClN2O9/c1-12-7-15-22(14(9-21(33)31-15)13-5-6-16(17(8-13)36-2)39-11-20(30)32)26(34)28(12)27(35)23-18(37-3)10-19(38-4)24(29)25(23)40-28/h5-6,8,10,12,14H,7,9,11H2,1-4H3,(H2,30,32)(H,31,33). The summed E-state index contributed by atoms with van der Waals surface area (Å²) in [7, 11) is 4.23. The van der Waals surface area contributed by atoms with Gasteiger partial charge in [0.15, 0.2) is 23.9 Å². The first kappa shape index (κ1) is 27.3. The first-order valence-electron chi connectivity index (χ1n) is 12.4. The Kier molecular flexibility index (Phi) is 6.87. The van der Waals surface area contributed by atoms with E-state index in [2.05, 4.69) is 5.32 Å². The van der Waals surface area contributed by atoms with Crippen molar-refractivity contribution in [2.45, 2.75) is 31.3 Å². The predicted octanol–water partition coefficient (Wildman–Crippen LogP) is 2.71. The summed E-state index contributed by atoms with van der Waals surface area (Å²) in [5.74, 6) is -2.49. The zero-order valence-corrected chi connectivity index (χ0v) is 23.0. The van der Waals surface area contributed by atoms with Crippen molar-refractivity contribution in [1.82, 2.24) is 5.32 Å². The summed E-state index contributed by atoms with van der Waals surface area (Å²) in [5, 5.41) is 2.87. The van der Waals surface area contributed by atoms with Crippen molar-refractivity contribution < 1.29 is 42.9 Å². The molecule has 11 nitrogen and oxygen atoms in total. The molecular formula is C28H27ClN2O9. The lowest BCUT2D eigenvalue weighted by Crippen LogP contribution is -2.59. The number of nitrogens with two attached hydrogens (primary N) is 1. The maximum atomic E-state index is 14.5. The average Bonchev–Trinajstić information content (AvgIpc) is 3.25. The van der Waals surface area contributed by atoms with Gasteiger partial charge in [-0.3, -0.25) is 19.2 Å². The van der Waals surface area contributed by atoms with Crippen LogP contribution in [0.25, 0.3) is 0 Å². The molecule has 3 unspecified atom stereocenters. The second kappa shape index (κ2) is 10.1. The number of rotatable bonds is 7. The number of carbonyl (C=O) groups is 4. The summed E-state index contributed by atoms with van der Waals surface area (Å²) in [4.78, 5) is 52.5. The van der Waals surface area contributed by atoms with Crippen LogP contribution in [0.2, 0.25) is 5.02 Å². The SMILES string of the molecule is COc1cc(C2CC(=O)NC3=C2C(=O)C2(Oc4c(Cl)c(OC)cc(OC)c4C2=O)C(C)C3)ccc1OCC(N)=O. The minimum atomic E-state index is -1.92. The van der Waals surface area contributed by atoms with Crippen LogP contribution < -0.4 is 34.7 Å². The Morgan fingerprint density at radius 3 is 2.38 bits per heavy atom. The van der Waals surface area contributed by atoms with Gasteiger partial charge in [0.2, 0.25) is 23.1 Å². The number of amides is 2. The van der Waals surface area contributed by atoms with E-state index in [1.165, 1.54) is 27.4 Å². The van der Waals surface area contributed by atoms with E-state index >= 15 is 0 Å². The third-order valence-corrected chi connectivity index (χ3v) is 7.88. The Hall–Kier alpha value is -4.25. The lowest BCUT2D eigenvalue weighted by molar-refractivity contribution is -0.131. The van der Waals surface area contributed by atoms with Crippen molar-refractivity contribution in [1.29, 1.82) is 0 Å². The summed E-state index contributed by atoms with van der Waals surface area (Å²) < 4.78 is 27.8. The fraction of sp³-hybridized carbons (Fsp3) is 0.357. The molecule has 3 atom stereocenters. The third kappa shape index (κ3) is 4.03. The number of primary amides is 1. The van der Waals surface area contributed by atoms with Gasteiger partial charge in [0.1, 0.15) is 22.1 Å². The molecule has 3 aliphatic rings. The molecular weight excluding hydrogens is 544 g/mol. The molecule has 0 saturated heterocycles. The van der Waals surface area contributed by atoms with Crippen molar-refractivity contribution >= 4 is 35.0 Å². The molecule has 12 heteroatoms. The lowest BCUT2D eigenvalue weighted by atomic mass is 9.66. The Balaban J connectivity index is 1.60. The molecule has 5 rings (SSSR count). The number of halogens is 1. The maximum absolute atomic E-state index is 14.5. The van der Waals surface area contributed by atoms with Crippen molar-refractivity contribution in [2.75, 3.05) is 27.9 Å². The van der Waals surface area contributed by atoms with E-state index in [1.807, 2.05) is 0 Å². The quantitative estimate of drug-likeness (QED) is 0.478. The van der Waals surface area contributed by atoms with Gasteiger partial charge in [0.25, 0.3) is 5.91 Å². The van der Waals surface area contributed by atoms with E-state index < -0.39 is 34.9 Å². The number of ether oxygens (including phenoxy) is 5. The number of carbonyl (C=O) groups excluding carboxylic acids is 4. The number of nitrogens with one attached hydrogen (secondary N) is 1. The van der Waals surface area contributed by atoms with Crippen molar-refractivity contribution in [2.24, 2.45) is 11.7 Å². The van der Waals surface area contributed by atoms with E-state index in [0.29, 0.717) is 11.3 Å². The fourth-order valence-electron chi connectivity index (χ4n) is 5.64. The van der Waals surface area contributed by atoms with Crippen LogP contribution in [0, 0.1) is 5.92 Å². The molecule has 1 aliphatic carbocycles. The molecule has 210 valence electrons. The number of benzene rings is 2. The number of hydrogen-bond acceptors (Lipinski definition) is 9. The highest BCUT2D eigenvalue weighted by molar-refractivity contribution is 6.36. The number of allylic oxidation sites excluding steroid dienone is 1. The fourth-order valence-corrected chi connectivity index (χ4v) is 5.91. The highest BCUT2D eigenvalue weighted by Crippen LogP contribution is 2.55. The van der Waals surface area contributed by atoms with Crippen LogP contribution >= 0.6 is 11.6 Å². The molecule has 0 fully saturated rings. The first-order chi connectivity index (χ1) is 19.1. The Morgan fingerprint density at radius 1 is 1.02 bits per heavy atom. The van der Waals surface area contributed by atoms with Gasteiger partial charge in [-0.25, -0.2) is 0 Å². The normalized spacial score (nSPS) is 23.3. The predicted molar refractivity (Wildman–Crippen MR) is 141 cm³/mol.